The number of hydrogen-bond acceptors (Lipinski definition) is 9. The Bertz CT molecular complexity index is 1540. The van der Waals surface area contributed by atoms with Gasteiger partial charge in [0.05, 0.1) is 17.2 Å². The number of fused-ring (bicyclic) bond motifs is 3. The van der Waals surface area contributed by atoms with Crippen LogP contribution < -0.4 is 5.73 Å². The summed E-state index contributed by atoms with van der Waals surface area (Å²) in [5.74, 6) is -9.07. The van der Waals surface area contributed by atoms with Crippen molar-refractivity contribution in [1.82, 2.24) is 9.80 Å². The number of ketones is 2. The van der Waals surface area contributed by atoms with Crippen molar-refractivity contribution in [2.75, 3.05) is 21.1 Å². The predicted octanol–water partition coefficient (Wildman–Crippen LogP) is 3.63. The van der Waals surface area contributed by atoms with Gasteiger partial charge < -0.3 is 26.2 Å². The number of aromatic hydroxyl groups is 1. The number of carbonyl (C=O) groups is 3. The molecule has 1 aromatic carbocycles. The van der Waals surface area contributed by atoms with Crippen LogP contribution >= 0.6 is 0 Å². The molecule has 0 radical (unpaired) electrons. The lowest BCUT2D eigenvalue weighted by Crippen LogP contribution is -2.65. The number of rotatable bonds is 6. The third-order valence-corrected chi connectivity index (χ3v) is 9.49. The molecule has 1 saturated carbocycles. The molecule has 6 N–H and O–H groups in total. The summed E-state index contributed by atoms with van der Waals surface area (Å²) in [6.45, 7) is 9.73. The lowest BCUT2D eigenvalue weighted by Gasteiger charge is -2.50. The molecule has 3 aliphatic rings. The van der Waals surface area contributed by atoms with Crippen molar-refractivity contribution in [2.24, 2.45) is 23.0 Å². The average molecular weight is 638 g/mol. The largest absolute Gasteiger partial charge is 0.508 e. The highest BCUT2D eigenvalue weighted by atomic mass is 19.4. The van der Waals surface area contributed by atoms with E-state index >= 15 is 0 Å². The number of aliphatic hydroxyl groups excluding tert-OH is 2. The first kappa shape index (κ1) is 34.5. The number of likely N-dealkylation sites (N-methyl/N-ethyl adjacent to an activating group) is 1. The van der Waals surface area contributed by atoms with Gasteiger partial charge >= 0.3 is 6.18 Å². The van der Waals surface area contributed by atoms with Gasteiger partial charge in [-0.3, -0.25) is 24.2 Å². The van der Waals surface area contributed by atoms with Gasteiger partial charge in [0.25, 0.3) is 5.91 Å². The second-order valence-corrected chi connectivity index (χ2v) is 14.6. The van der Waals surface area contributed by atoms with Crippen LogP contribution in [-0.2, 0) is 33.5 Å². The van der Waals surface area contributed by atoms with E-state index in [2.05, 4.69) is 0 Å². The Morgan fingerprint density at radius 3 is 2.13 bits per heavy atom. The number of halogens is 3. The first-order chi connectivity index (χ1) is 20.4. The van der Waals surface area contributed by atoms with E-state index in [0.29, 0.717) is 6.42 Å². The zero-order valence-corrected chi connectivity index (χ0v) is 26.8. The van der Waals surface area contributed by atoms with E-state index in [4.69, 9.17) is 5.73 Å². The summed E-state index contributed by atoms with van der Waals surface area (Å²) < 4.78 is 44.7. The number of Topliss-reactive ketones (excluding diaryl/α,β-unsaturated/α-hetero) is 2. The summed E-state index contributed by atoms with van der Waals surface area (Å²) >= 11 is 0. The fraction of sp³-hybridized carbons (Fsp3) is 0.594. The molecule has 45 heavy (non-hydrogen) atoms. The number of aliphatic hydroxyl groups is 3. The molecule has 0 heterocycles. The van der Waals surface area contributed by atoms with Gasteiger partial charge in [0.15, 0.2) is 11.4 Å². The first-order valence-corrected chi connectivity index (χ1v) is 14.7. The predicted molar refractivity (Wildman–Crippen MR) is 159 cm³/mol. The fourth-order valence-electron chi connectivity index (χ4n) is 7.76. The minimum atomic E-state index is -4.91. The molecule has 0 aromatic heterocycles. The molecular formula is C32H42F3N3O7. The van der Waals surface area contributed by atoms with Gasteiger partial charge in [-0.05, 0) is 82.8 Å². The molecule has 1 fully saturated rings. The quantitative estimate of drug-likeness (QED) is 0.293. The Morgan fingerprint density at radius 2 is 1.64 bits per heavy atom. The molecule has 0 aliphatic heterocycles. The Kier molecular flexibility index (Phi) is 8.30. The van der Waals surface area contributed by atoms with Crippen LogP contribution in [0, 0.1) is 17.3 Å². The number of amides is 1. The van der Waals surface area contributed by atoms with E-state index in [9.17, 15) is 48.0 Å². The smallest absolute Gasteiger partial charge is 0.417 e. The molecular weight excluding hydrogens is 595 g/mol. The Labute approximate surface area is 260 Å². The van der Waals surface area contributed by atoms with Crippen LogP contribution in [0.2, 0.25) is 0 Å². The van der Waals surface area contributed by atoms with Crippen molar-refractivity contribution in [2.45, 2.75) is 83.8 Å². The number of phenols is 1. The Hall–Kier alpha value is -3.42. The molecule has 0 unspecified atom stereocenters. The molecule has 4 atom stereocenters. The number of nitrogens with two attached hydrogens (primary N) is 1. The zero-order chi connectivity index (χ0) is 34.4. The maximum Gasteiger partial charge on any atom is 0.417 e. The normalized spacial score (nSPS) is 26.0. The standard InChI is InChI=1S/C32H42F3N3O7/c1-29(2,3)13-30(4,5)38(8)12-15-11-18(39)20-16(22(15)32(33,34)35)9-14-10-17-23(37(6)7)25(41)21(28(36)44)27(43)31(17,45)26(42)19(14)24(20)40/h11,14,17,23,39-40,43,45H,9-10,12-13H2,1-8H3,(H2,36,44)/t14-,17-,23-,31-/m0/s1. The molecule has 3 aliphatic carbocycles. The second-order valence-electron chi connectivity index (χ2n) is 14.6. The van der Waals surface area contributed by atoms with Crippen LogP contribution in [0.1, 0.15) is 69.7 Å². The number of phenolic OH excluding ortho intramolecular Hbond substituents is 1. The third-order valence-electron chi connectivity index (χ3n) is 9.49. The highest BCUT2D eigenvalue weighted by Gasteiger charge is 2.64. The summed E-state index contributed by atoms with van der Waals surface area (Å²) in [5, 5.41) is 45.1. The molecule has 0 saturated heterocycles. The molecule has 1 amide bonds. The van der Waals surface area contributed by atoms with Crippen molar-refractivity contribution >= 4 is 23.2 Å². The lowest BCUT2D eigenvalue weighted by molar-refractivity contribution is -0.153. The maximum absolute atomic E-state index is 14.9. The summed E-state index contributed by atoms with van der Waals surface area (Å²) in [6.07, 6.45) is -5.03. The molecule has 10 nitrogen and oxygen atoms in total. The second kappa shape index (κ2) is 10.8. The summed E-state index contributed by atoms with van der Waals surface area (Å²) in [4.78, 5) is 42.4. The van der Waals surface area contributed by atoms with Crippen molar-refractivity contribution in [3.8, 4) is 5.75 Å². The molecule has 1 aromatic rings. The number of primary amides is 1. The van der Waals surface area contributed by atoms with E-state index in [1.165, 1.54) is 19.0 Å². The van der Waals surface area contributed by atoms with Gasteiger partial charge in [-0.1, -0.05) is 20.8 Å². The average Bonchev–Trinajstić information content (AvgIpc) is 2.83. The van der Waals surface area contributed by atoms with Gasteiger partial charge in [0, 0.05) is 23.6 Å². The monoisotopic (exact) mass is 637 g/mol. The van der Waals surface area contributed by atoms with E-state index in [0.717, 1.165) is 6.07 Å². The Morgan fingerprint density at radius 1 is 1.07 bits per heavy atom. The third kappa shape index (κ3) is 5.52. The van der Waals surface area contributed by atoms with Crippen LogP contribution in [-0.4, -0.2) is 86.0 Å². The van der Waals surface area contributed by atoms with Crippen LogP contribution in [0.5, 0.6) is 5.75 Å². The van der Waals surface area contributed by atoms with Gasteiger partial charge in [0.1, 0.15) is 22.8 Å². The summed E-state index contributed by atoms with van der Waals surface area (Å²) in [7, 11) is 4.58. The molecule has 13 heteroatoms. The van der Waals surface area contributed by atoms with Gasteiger partial charge in [-0.2, -0.15) is 13.2 Å². The SMILES string of the molecule is CN(C)[C@@H]1C(=O)C(C(N)=O)=C(O)[C@@]2(O)C(=O)C3=C(O)c4c(O)cc(CN(C)C(C)(C)CC(C)(C)C)c(C(F)(F)F)c4C[C@H]3C[C@@H]12. The van der Waals surface area contributed by atoms with Crippen LogP contribution in [0.3, 0.4) is 0 Å². The molecule has 0 bridgehead atoms. The molecule has 248 valence electrons. The lowest BCUT2D eigenvalue weighted by atomic mass is 9.57. The minimum absolute atomic E-state index is 0.127. The van der Waals surface area contributed by atoms with Crippen molar-refractivity contribution in [1.29, 1.82) is 0 Å². The van der Waals surface area contributed by atoms with E-state index in [1.807, 2.05) is 34.6 Å². The van der Waals surface area contributed by atoms with E-state index in [1.54, 1.807) is 11.9 Å². The van der Waals surface area contributed by atoms with Crippen LogP contribution in [0.25, 0.3) is 5.76 Å². The summed E-state index contributed by atoms with van der Waals surface area (Å²) in [5.41, 5.74) is -1.98. The van der Waals surface area contributed by atoms with Gasteiger partial charge in [-0.15, -0.1) is 0 Å². The van der Waals surface area contributed by atoms with Crippen molar-refractivity contribution in [3.63, 3.8) is 0 Å². The van der Waals surface area contributed by atoms with Gasteiger partial charge in [0.2, 0.25) is 5.78 Å². The number of nitrogens with zero attached hydrogens (tertiary/aromatic N) is 2. The number of hydrogen-bond donors (Lipinski definition) is 5. The summed E-state index contributed by atoms with van der Waals surface area (Å²) in [6, 6.07) is -0.417. The van der Waals surface area contributed by atoms with E-state index < -0.39 is 104 Å². The number of alkyl halides is 3. The Balaban J connectivity index is 1.93. The van der Waals surface area contributed by atoms with Gasteiger partial charge in [-0.25, -0.2) is 0 Å². The fourth-order valence-corrected chi connectivity index (χ4v) is 7.76. The van der Waals surface area contributed by atoms with Crippen LogP contribution in [0.15, 0.2) is 23.0 Å². The van der Waals surface area contributed by atoms with Crippen molar-refractivity contribution in [3.05, 3.63) is 45.2 Å². The zero-order valence-electron chi connectivity index (χ0n) is 26.8. The number of carbonyl (C=O) groups excluding carboxylic acids is 3. The highest BCUT2D eigenvalue weighted by Crippen LogP contribution is 2.54. The maximum atomic E-state index is 14.9. The van der Waals surface area contributed by atoms with E-state index in [-0.39, 0.29) is 23.9 Å². The number of benzene rings is 1. The highest BCUT2D eigenvalue weighted by molar-refractivity contribution is 6.24. The van der Waals surface area contributed by atoms with Crippen molar-refractivity contribution < 1.29 is 48.0 Å². The van der Waals surface area contributed by atoms with Crippen LogP contribution in [0.4, 0.5) is 13.2 Å². The topological polar surface area (TPSA) is 165 Å². The first-order valence-electron chi connectivity index (χ1n) is 14.7. The molecule has 0 spiro atoms. The molecule has 4 rings (SSSR count). The minimum Gasteiger partial charge on any atom is -0.508 e.